The Morgan fingerprint density at radius 1 is 0.952 bits per heavy atom. The van der Waals surface area contributed by atoms with E-state index in [1.54, 1.807) is 0 Å². The fraction of sp³-hybridized carbons (Fsp3) is 0.474. The summed E-state index contributed by atoms with van der Waals surface area (Å²) < 4.78 is 0. The van der Waals surface area contributed by atoms with Gasteiger partial charge in [-0.15, -0.1) is 11.3 Å². The van der Waals surface area contributed by atoms with Crippen molar-refractivity contribution in [1.82, 2.24) is 5.32 Å². The van der Waals surface area contributed by atoms with Crippen LogP contribution in [-0.2, 0) is 6.42 Å². The molecule has 1 aromatic heterocycles. The van der Waals surface area contributed by atoms with Crippen molar-refractivity contribution < 1.29 is 0 Å². The molecule has 2 heteroatoms. The second-order valence-electron chi connectivity index (χ2n) is 5.62. The summed E-state index contributed by atoms with van der Waals surface area (Å²) in [5.41, 5.74) is 2.81. The molecule has 0 spiro atoms. The van der Waals surface area contributed by atoms with Crippen LogP contribution in [0.15, 0.2) is 36.4 Å². The zero-order chi connectivity index (χ0) is 15.2. The highest BCUT2D eigenvalue weighted by Gasteiger charge is 2.15. The Kier molecular flexibility index (Phi) is 6.01. The average molecular weight is 301 g/mol. The van der Waals surface area contributed by atoms with Crippen LogP contribution in [0.5, 0.6) is 0 Å². The van der Waals surface area contributed by atoms with Gasteiger partial charge >= 0.3 is 0 Å². The maximum Gasteiger partial charge on any atom is 0.0671 e. The zero-order valence-corrected chi connectivity index (χ0v) is 14.5. The molecule has 0 aliphatic heterocycles. The van der Waals surface area contributed by atoms with Gasteiger partial charge in [-0.05, 0) is 48.6 Å². The van der Waals surface area contributed by atoms with Gasteiger partial charge in [0.1, 0.15) is 0 Å². The van der Waals surface area contributed by atoms with Crippen molar-refractivity contribution in [2.24, 2.45) is 0 Å². The van der Waals surface area contributed by atoms with Crippen molar-refractivity contribution in [2.75, 3.05) is 6.54 Å². The number of hydrogen-bond donors (Lipinski definition) is 1. The zero-order valence-electron chi connectivity index (χ0n) is 13.6. The highest BCUT2D eigenvalue weighted by atomic mass is 32.1. The molecule has 0 amide bonds. The first-order valence-corrected chi connectivity index (χ1v) is 8.93. The van der Waals surface area contributed by atoms with Crippen molar-refractivity contribution in [1.29, 1.82) is 0 Å². The average Bonchev–Trinajstić information content (AvgIpc) is 3.01. The second kappa shape index (κ2) is 7.77. The van der Waals surface area contributed by atoms with Gasteiger partial charge < -0.3 is 5.32 Å². The summed E-state index contributed by atoms with van der Waals surface area (Å²) in [5, 5.41) is 3.63. The Morgan fingerprint density at radius 3 is 2.14 bits per heavy atom. The molecule has 0 radical (unpaired) electrons. The Bertz CT molecular complexity index is 541. The summed E-state index contributed by atoms with van der Waals surface area (Å²) in [5.74, 6) is 0.644. The highest BCUT2D eigenvalue weighted by Crippen LogP contribution is 2.30. The van der Waals surface area contributed by atoms with Crippen LogP contribution in [0.1, 0.15) is 67.0 Å². The minimum absolute atomic E-state index is 0.325. The molecular weight excluding hydrogens is 274 g/mol. The number of benzene rings is 1. The molecule has 2 aromatic rings. The minimum Gasteiger partial charge on any atom is -0.306 e. The molecule has 0 saturated carbocycles. The van der Waals surface area contributed by atoms with Gasteiger partial charge in [-0.2, -0.15) is 0 Å². The Balaban J connectivity index is 2.25. The highest BCUT2D eigenvalue weighted by molar-refractivity contribution is 7.12. The van der Waals surface area contributed by atoms with Gasteiger partial charge in [-0.1, -0.05) is 52.0 Å². The smallest absolute Gasteiger partial charge is 0.0671 e. The standard InChI is InChI=1S/C19H27NS/c1-5-14(4)15-8-10-16(11-9-15)19(20-7-3)18-13-12-17(6-2)21-18/h8-14,19-20H,5-7H2,1-4H3. The molecule has 1 aromatic carbocycles. The van der Waals surface area contributed by atoms with Crippen molar-refractivity contribution >= 4 is 11.3 Å². The molecule has 1 N–H and O–H groups in total. The molecule has 0 aliphatic rings. The number of aryl methyl sites for hydroxylation is 1. The van der Waals surface area contributed by atoms with Crippen LogP contribution >= 0.6 is 11.3 Å². The molecular formula is C19H27NS. The molecule has 0 bridgehead atoms. The predicted molar refractivity (Wildman–Crippen MR) is 94.4 cm³/mol. The lowest BCUT2D eigenvalue weighted by Gasteiger charge is -2.18. The van der Waals surface area contributed by atoms with E-state index in [9.17, 15) is 0 Å². The monoisotopic (exact) mass is 301 g/mol. The maximum atomic E-state index is 3.63. The lowest BCUT2D eigenvalue weighted by Crippen LogP contribution is -2.21. The Morgan fingerprint density at radius 2 is 1.62 bits per heavy atom. The third kappa shape index (κ3) is 3.96. The van der Waals surface area contributed by atoms with Gasteiger partial charge in [0, 0.05) is 9.75 Å². The lowest BCUT2D eigenvalue weighted by molar-refractivity contribution is 0.638. The van der Waals surface area contributed by atoms with Gasteiger partial charge in [0.2, 0.25) is 0 Å². The van der Waals surface area contributed by atoms with E-state index in [0.717, 1.165) is 13.0 Å². The van der Waals surface area contributed by atoms with E-state index in [1.807, 2.05) is 11.3 Å². The van der Waals surface area contributed by atoms with Crippen molar-refractivity contribution in [3.63, 3.8) is 0 Å². The van der Waals surface area contributed by atoms with Gasteiger partial charge in [0.15, 0.2) is 0 Å². The van der Waals surface area contributed by atoms with E-state index >= 15 is 0 Å². The molecule has 0 aliphatic carbocycles. The fourth-order valence-electron chi connectivity index (χ4n) is 2.58. The van der Waals surface area contributed by atoms with Gasteiger partial charge in [-0.3, -0.25) is 0 Å². The minimum atomic E-state index is 0.325. The molecule has 1 nitrogen and oxygen atoms in total. The van der Waals surface area contributed by atoms with Crippen LogP contribution in [0, 0.1) is 0 Å². The molecule has 2 rings (SSSR count). The first-order chi connectivity index (χ1) is 10.2. The van der Waals surface area contributed by atoms with E-state index in [2.05, 4.69) is 69.4 Å². The Hall–Kier alpha value is -1.12. The van der Waals surface area contributed by atoms with Crippen LogP contribution in [0.3, 0.4) is 0 Å². The van der Waals surface area contributed by atoms with Crippen LogP contribution in [-0.4, -0.2) is 6.54 Å². The maximum absolute atomic E-state index is 3.63. The Labute approximate surface area is 133 Å². The molecule has 0 fully saturated rings. The van der Waals surface area contributed by atoms with Crippen LogP contribution in [0.4, 0.5) is 0 Å². The first-order valence-electron chi connectivity index (χ1n) is 8.11. The van der Waals surface area contributed by atoms with Crippen molar-refractivity contribution in [2.45, 2.75) is 52.5 Å². The predicted octanol–water partition coefficient (Wildman–Crippen LogP) is 5.52. The van der Waals surface area contributed by atoms with Crippen LogP contribution in [0.25, 0.3) is 0 Å². The summed E-state index contributed by atoms with van der Waals surface area (Å²) in [7, 11) is 0. The van der Waals surface area contributed by atoms with E-state index < -0.39 is 0 Å². The summed E-state index contributed by atoms with van der Waals surface area (Å²) in [4.78, 5) is 2.88. The summed E-state index contributed by atoms with van der Waals surface area (Å²) in [6.07, 6.45) is 2.32. The van der Waals surface area contributed by atoms with Gasteiger partial charge in [-0.25, -0.2) is 0 Å². The largest absolute Gasteiger partial charge is 0.306 e. The number of rotatable bonds is 7. The quantitative estimate of drug-likeness (QED) is 0.709. The van der Waals surface area contributed by atoms with Crippen LogP contribution < -0.4 is 5.32 Å². The van der Waals surface area contributed by atoms with E-state index in [1.165, 1.54) is 27.3 Å². The topological polar surface area (TPSA) is 12.0 Å². The summed E-state index contributed by atoms with van der Waals surface area (Å²) >= 11 is 1.93. The number of hydrogen-bond acceptors (Lipinski definition) is 2. The SMILES string of the molecule is CCNC(c1ccc(C(C)CC)cc1)c1ccc(CC)s1. The van der Waals surface area contributed by atoms with Gasteiger partial charge in [0.05, 0.1) is 6.04 Å². The molecule has 2 unspecified atom stereocenters. The van der Waals surface area contributed by atoms with Crippen molar-refractivity contribution in [3.8, 4) is 0 Å². The molecule has 2 atom stereocenters. The molecule has 21 heavy (non-hydrogen) atoms. The number of thiophene rings is 1. The third-order valence-corrected chi connectivity index (χ3v) is 5.47. The van der Waals surface area contributed by atoms with E-state index in [0.29, 0.717) is 12.0 Å². The lowest BCUT2D eigenvalue weighted by atomic mass is 9.95. The summed E-state index contributed by atoms with van der Waals surface area (Å²) in [6, 6.07) is 14.0. The normalized spacial score (nSPS) is 14.1. The number of nitrogens with one attached hydrogen (secondary N) is 1. The van der Waals surface area contributed by atoms with Gasteiger partial charge in [0.25, 0.3) is 0 Å². The first kappa shape index (κ1) is 16.3. The molecule has 1 heterocycles. The van der Waals surface area contributed by atoms with E-state index in [-0.39, 0.29) is 0 Å². The molecule has 114 valence electrons. The van der Waals surface area contributed by atoms with Crippen molar-refractivity contribution in [3.05, 3.63) is 57.3 Å². The fourth-order valence-corrected chi connectivity index (χ4v) is 3.64. The van der Waals surface area contributed by atoms with E-state index in [4.69, 9.17) is 0 Å². The summed E-state index contributed by atoms with van der Waals surface area (Å²) in [6.45, 7) is 9.92. The second-order valence-corrected chi connectivity index (χ2v) is 6.82. The molecule has 0 saturated heterocycles. The van der Waals surface area contributed by atoms with Crippen LogP contribution in [0.2, 0.25) is 0 Å². The third-order valence-electron chi connectivity index (χ3n) is 4.17.